The zero-order valence-corrected chi connectivity index (χ0v) is 13.2. The Labute approximate surface area is 127 Å². The van der Waals surface area contributed by atoms with Crippen molar-refractivity contribution in [3.05, 3.63) is 0 Å². The van der Waals surface area contributed by atoms with Gasteiger partial charge in [-0.05, 0) is 50.4 Å². The van der Waals surface area contributed by atoms with Crippen LogP contribution >= 0.6 is 11.6 Å². The normalized spacial score (nSPS) is 30.9. The van der Waals surface area contributed by atoms with E-state index in [1.54, 1.807) is 0 Å². The number of alkyl halides is 1. The third kappa shape index (κ3) is 5.25. The van der Waals surface area contributed by atoms with Gasteiger partial charge in [0.05, 0.1) is 6.10 Å². The number of ether oxygens (including phenoxy) is 1. The maximum Gasteiger partial charge on any atom is 0.220 e. The van der Waals surface area contributed by atoms with E-state index < -0.39 is 0 Å². The quantitative estimate of drug-likeness (QED) is 0.763. The van der Waals surface area contributed by atoms with Crippen molar-refractivity contribution in [3.63, 3.8) is 0 Å². The van der Waals surface area contributed by atoms with Gasteiger partial charge < -0.3 is 10.1 Å². The van der Waals surface area contributed by atoms with Gasteiger partial charge in [-0.25, -0.2) is 0 Å². The number of halogens is 1. The van der Waals surface area contributed by atoms with Gasteiger partial charge in [0.15, 0.2) is 0 Å². The van der Waals surface area contributed by atoms with E-state index in [0.29, 0.717) is 24.4 Å². The van der Waals surface area contributed by atoms with Crippen LogP contribution in [0.5, 0.6) is 0 Å². The summed E-state index contributed by atoms with van der Waals surface area (Å²) in [6.07, 6.45) is 10.3. The average Bonchev–Trinajstić information content (AvgIpc) is 2.52. The van der Waals surface area contributed by atoms with Crippen LogP contribution in [0.25, 0.3) is 0 Å². The van der Waals surface area contributed by atoms with Crippen molar-refractivity contribution in [1.29, 1.82) is 0 Å². The summed E-state index contributed by atoms with van der Waals surface area (Å²) in [5.74, 6) is 2.08. The van der Waals surface area contributed by atoms with Gasteiger partial charge in [0.1, 0.15) is 0 Å². The maximum absolute atomic E-state index is 11.9. The highest BCUT2D eigenvalue weighted by molar-refractivity contribution is 6.18. The van der Waals surface area contributed by atoms with Crippen LogP contribution in [0.4, 0.5) is 0 Å². The highest BCUT2D eigenvalue weighted by atomic mass is 35.5. The Morgan fingerprint density at radius 3 is 2.55 bits per heavy atom. The summed E-state index contributed by atoms with van der Waals surface area (Å²) >= 11 is 6.02. The minimum atomic E-state index is 0.179. The molecule has 1 saturated heterocycles. The van der Waals surface area contributed by atoms with E-state index >= 15 is 0 Å². The molecule has 1 N–H and O–H groups in total. The van der Waals surface area contributed by atoms with Crippen molar-refractivity contribution in [1.82, 2.24) is 5.32 Å². The lowest BCUT2D eigenvalue weighted by atomic mass is 9.80. The van der Waals surface area contributed by atoms with E-state index in [0.717, 1.165) is 31.9 Å². The second kappa shape index (κ2) is 8.89. The highest BCUT2D eigenvalue weighted by Crippen LogP contribution is 2.30. The summed E-state index contributed by atoms with van der Waals surface area (Å²) < 4.78 is 5.66. The predicted octanol–water partition coefficient (Wildman–Crippen LogP) is 3.50. The van der Waals surface area contributed by atoms with E-state index in [1.807, 2.05) is 0 Å². The molecule has 0 aromatic rings. The van der Waals surface area contributed by atoms with E-state index in [-0.39, 0.29) is 5.91 Å². The van der Waals surface area contributed by atoms with E-state index in [4.69, 9.17) is 16.3 Å². The summed E-state index contributed by atoms with van der Waals surface area (Å²) in [6.45, 7) is 1.67. The standard InChI is InChI=1S/C16H28ClNO2/c17-11-13-5-1-2-6-14(13)12-18-16(19)9-8-15-7-3-4-10-20-15/h13-15H,1-12H2,(H,18,19). The molecule has 0 aromatic carbocycles. The van der Waals surface area contributed by atoms with Gasteiger partial charge in [-0.3, -0.25) is 4.79 Å². The van der Waals surface area contributed by atoms with E-state index in [9.17, 15) is 4.79 Å². The fourth-order valence-electron chi connectivity index (χ4n) is 3.42. The molecule has 3 nitrogen and oxygen atoms in total. The summed E-state index contributed by atoms with van der Waals surface area (Å²) in [4.78, 5) is 11.9. The maximum atomic E-state index is 11.9. The molecule has 2 fully saturated rings. The van der Waals surface area contributed by atoms with Gasteiger partial charge in [-0.2, -0.15) is 0 Å². The molecule has 20 heavy (non-hydrogen) atoms. The fourth-order valence-corrected chi connectivity index (χ4v) is 3.82. The molecule has 0 aromatic heterocycles. The van der Waals surface area contributed by atoms with Crippen LogP contribution in [0.3, 0.4) is 0 Å². The van der Waals surface area contributed by atoms with Crippen LogP contribution in [-0.4, -0.2) is 31.0 Å². The number of nitrogens with one attached hydrogen (secondary N) is 1. The van der Waals surface area contributed by atoms with Crippen LogP contribution in [0, 0.1) is 11.8 Å². The second-order valence-electron chi connectivity index (χ2n) is 6.29. The first-order valence-corrected chi connectivity index (χ1v) is 8.77. The summed E-state index contributed by atoms with van der Waals surface area (Å²) in [7, 11) is 0. The first kappa shape index (κ1) is 16.1. The van der Waals surface area contributed by atoms with Crippen molar-refractivity contribution in [2.24, 2.45) is 11.8 Å². The Bertz CT molecular complexity index is 292. The molecule has 3 atom stereocenters. The van der Waals surface area contributed by atoms with Crippen molar-refractivity contribution < 1.29 is 9.53 Å². The molecule has 1 aliphatic carbocycles. The Morgan fingerprint density at radius 2 is 1.85 bits per heavy atom. The first-order chi connectivity index (χ1) is 9.79. The summed E-state index contributed by atoms with van der Waals surface area (Å²) in [5, 5.41) is 3.10. The van der Waals surface area contributed by atoms with E-state index in [2.05, 4.69) is 5.32 Å². The number of carbonyl (C=O) groups excluding carboxylic acids is 1. The Kier molecular flexibility index (Phi) is 7.15. The second-order valence-corrected chi connectivity index (χ2v) is 6.60. The molecule has 1 aliphatic heterocycles. The molecular formula is C16H28ClNO2. The summed E-state index contributed by atoms with van der Waals surface area (Å²) in [6, 6.07) is 0. The molecule has 1 saturated carbocycles. The zero-order valence-electron chi connectivity index (χ0n) is 12.4. The average molecular weight is 302 g/mol. The number of hydrogen-bond donors (Lipinski definition) is 1. The Balaban J connectivity index is 1.61. The Hall–Kier alpha value is -0.280. The van der Waals surface area contributed by atoms with E-state index in [1.165, 1.54) is 38.5 Å². The molecule has 3 unspecified atom stereocenters. The number of amides is 1. The van der Waals surface area contributed by atoms with Crippen LogP contribution < -0.4 is 5.32 Å². The van der Waals surface area contributed by atoms with Gasteiger partial charge in [-0.1, -0.05) is 12.8 Å². The highest BCUT2D eigenvalue weighted by Gasteiger charge is 2.24. The molecule has 116 valence electrons. The molecule has 0 spiro atoms. The van der Waals surface area contributed by atoms with Crippen LogP contribution in [0.15, 0.2) is 0 Å². The lowest BCUT2D eigenvalue weighted by molar-refractivity contribution is -0.122. The third-order valence-electron chi connectivity index (χ3n) is 4.79. The van der Waals surface area contributed by atoms with Gasteiger partial charge >= 0.3 is 0 Å². The molecule has 0 bridgehead atoms. The molecule has 2 rings (SSSR count). The lowest BCUT2D eigenvalue weighted by Gasteiger charge is -2.30. The van der Waals surface area contributed by atoms with Crippen molar-refractivity contribution in [2.45, 2.75) is 63.9 Å². The van der Waals surface area contributed by atoms with Crippen LogP contribution in [0.1, 0.15) is 57.8 Å². The fraction of sp³-hybridized carbons (Fsp3) is 0.938. The molecule has 1 amide bonds. The molecule has 0 radical (unpaired) electrons. The minimum Gasteiger partial charge on any atom is -0.378 e. The third-order valence-corrected chi connectivity index (χ3v) is 5.19. The SMILES string of the molecule is O=C(CCC1CCCCO1)NCC1CCCCC1CCl. The monoisotopic (exact) mass is 301 g/mol. The van der Waals surface area contributed by atoms with Crippen molar-refractivity contribution in [2.75, 3.05) is 19.0 Å². The molecule has 2 aliphatic rings. The van der Waals surface area contributed by atoms with Gasteiger partial charge in [-0.15, -0.1) is 11.6 Å². The molecule has 4 heteroatoms. The van der Waals surface area contributed by atoms with Crippen LogP contribution in [0.2, 0.25) is 0 Å². The van der Waals surface area contributed by atoms with Gasteiger partial charge in [0.2, 0.25) is 5.91 Å². The topological polar surface area (TPSA) is 38.3 Å². The van der Waals surface area contributed by atoms with Crippen molar-refractivity contribution >= 4 is 17.5 Å². The van der Waals surface area contributed by atoms with Crippen molar-refractivity contribution in [3.8, 4) is 0 Å². The largest absolute Gasteiger partial charge is 0.378 e. The Morgan fingerprint density at radius 1 is 1.10 bits per heavy atom. The lowest BCUT2D eigenvalue weighted by Crippen LogP contribution is -2.35. The number of hydrogen-bond acceptors (Lipinski definition) is 2. The smallest absolute Gasteiger partial charge is 0.220 e. The number of rotatable bonds is 6. The number of carbonyl (C=O) groups is 1. The first-order valence-electron chi connectivity index (χ1n) is 8.24. The van der Waals surface area contributed by atoms with Crippen LogP contribution in [-0.2, 0) is 9.53 Å². The summed E-state index contributed by atoms with van der Waals surface area (Å²) in [5.41, 5.74) is 0. The predicted molar refractivity (Wildman–Crippen MR) is 82.0 cm³/mol. The van der Waals surface area contributed by atoms with Gasteiger partial charge in [0.25, 0.3) is 0 Å². The van der Waals surface area contributed by atoms with Gasteiger partial charge in [0, 0.05) is 25.5 Å². The molecular weight excluding hydrogens is 274 g/mol. The minimum absolute atomic E-state index is 0.179. The zero-order chi connectivity index (χ0) is 14.2. The molecule has 1 heterocycles.